The number of aryl methyl sites for hydroxylation is 2. The van der Waals surface area contributed by atoms with Crippen LogP contribution in [0.5, 0.6) is 0 Å². The zero-order chi connectivity index (χ0) is 21.5. The van der Waals surface area contributed by atoms with E-state index in [1.54, 1.807) is 0 Å². The van der Waals surface area contributed by atoms with Crippen LogP contribution in [0.25, 0.3) is 0 Å². The molecule has 1 aromatic rings. The third kappa shape index (κ3) is 16.9. The van der Waals surface area contributed by atoms with Gasteiger partial charge < -0.3 is 0 Å². The lowest BCUT2D eigenvalue weighted by atomic mass is 10.0. The van der Waals surface area contributed by atoms with Crippen LogP contribution in [0.2, 0.25) is 0 Å². The highest BCUT2D eigenvalue weighted by Crippen LogP contribution is 2.13. The molecule has 0 aromatic carbocycles. The molecule has 1 rings (SSSR count). The van der Waals surface area contributed by atoms with Crippen LogP contribution < -0.4 is 4.57 Å². The summed E-state index contributed by atoms with van der Waals surface area (Å²) in [5.74, 6) is 0. The van der Waals surface area contributed by atoms with Crippen LogP contribution in [0.3, 0.4) is 0 Å². The lowest BCUT2D eigenvalue weighted by Crippen LogP contribution is -2.30. The summed E-state index contributed by atoms with van der Waals surface area (Å²) in [6, 6.07) is 0. The fourth-order valence-electron chi connectivity index (χ4n) is 4.44. The summed E-state index contributed by atoms with van der Waals surface area (Å²) in [7, 11) is 0. The van der Waals surface area contributed by atoms with Crippen LogP contribution in [-0.2, 0) is 13.1 Å². The average molecular weight is 420 g/mol. The van der Waals surface area contributed by atoms with E-state index in [-0.39, 0.29) is 0 Å². The van der Waals surface area contributed by atoms with Crippen LogP contribution in [0.4, 0.5) is 0 Å². The fraction of sp³-hybridized carbons (Fsp3) is 0.893. The molecule has 0 spiro atoms. The summed E-state index contributed by atoms with van der Waals surface area (Å²) in [5.41, 5.74) is 0. The highest BCUT2D eigenvalue weighted by Gasteiger charge is 2.03. The van der Waals surface area contributed by atoms with Crippen molar-refractivity contribution in [3.05, 3.63) is 18.7 Å². The summed E-state index contributed by atoms with van der Waals surface area (Å²) < 4.78 is 4.76. The van der Waals surface area contributed by atoms with Crippen molar-refractivity contribution in [1.29, 1.82) is 0 Å². The average Bonchev–Trinajstić information content (AvgIpc) is 3.21. The molecule has 2 nitrogen and oxygen atoms in total. The van der Waals surface area contributed by atoms with Gasteiger partial charge in [-0.05, 0) is 25.7 Å². The maximum Gasteiger partial charge on any atom is 0.243 e. The second kappa shape index (κ2) is 21.4. The van der Waals surface area contributed by atoms with E-state index in [0.29, 0.717) is 0 Å². The second-order valence-electron chi connectivity index (χ2n) is 9.61. The molecular weight excluding hydrogens is 364 g/mol. The second-order valence-corrected chi connectivity index (χ2v) is 9.61. The Balaban J connectivity index is 1.80. The number of hydrogen-bond donors (Lipinski definition) is 0. The first-order valence-corrected chi connectivity index (χ1v) is 13.9. The molecule has 0 amide bonds. The van der Waals surface area contributed by atoms with Crippen LogP contribution in [-0.4, -0.2) is 4.57 Å². The maximum atomic E-state index is 2.38. The molecule has 2 heteroatoms. The van der Waals surface area contributed by atoms with E-state index in [1.807, 2.05) is 0 Å². The van der Waals surface area contributed by atoms with Crippen molar-refractivity contribution < 1.29 is 4.57 Å². The third-order valence-corrected chi connectivity index (χ3v) is 6.54. The predicted octanol–water partition coefficient (Wildman–Crippen LogP) is 9.01. The van der Waals surface area contributed by atoms with E-state index in [9.17, 15) is 0 Å². The Labute approximate surface area is 189 Å². The van der Waals surface area contributed by atoms with Gasteiger partial charge in [0.1, 0.15) is 12.4 Å². The fourth-order valence-corrected chi connectivity index (χ4v) is 4.44. The Morgan fingerprint density at radius 3 is 1.37 bits per heavy atom. The quantitative estimate of drug-likeness (QED) is 0.124. The van der Waals surface area contributed by atoms with E-state index in [2.05, 4.69) is 41.7 Å². The van der Waals surface area contributed by atoms with Crippen LogP contribution >= 0.6 is 0 Å². The zero-order valence-corrected chi connectivity index (χ0v) is 20.9. The van der Waals surface area contributed by atoms with Gasteiger partial charge in [-0.1, -0.05) is 123 Å². The molecule has 0 radical (unpaired) electrons. The topological polar surface area (TPSA) is 8.81 Å². The zero-order valence-electron chi connectivity index (χ0n) is 20.9. The Morgan fingerprint density at radius 2 is 0.900 bits per heavy atom. The number of imidazole rings is 1. The van der Waals surface area contributed by atoms with Crippen molar-refractivity contribution in [2.45, 2.75) is 162 Å². The molecule has 0 aliphatic rings. The molecule has 30 heavy (non-hydrogen) atoms. The van der Waals surface area contributed by atoms with E-state index < -0.39 is 0 Å². The molecule has 176 valence electrons. The molecule has 0 saturated heterocycles. The van der Waals surface area contributed by atoms with Gasteiger partial charge in [-0.15, -0.1) is 0 Å². The van der Waals surface area contributed by atoms with Gasteiger partial charge in [-0.25, -0.2) is 9.13 Å². The number of nitrogens with zero attached hydrogens (tertiary/aromatic N) is 2. The van der Waals surface area contributed by atoms with Gasteiger partial charge in [-0.2, -0.15) is 0 Å². The Morgan fingerprint density at radius 1 is 0.500 bits per heavy atom. The summed E-state index contributed by atoms with van der Waals surface area (Å²) in [6.07, 6.45) is 36.8. The van der Waals surface area contributed by atoms with Crippen LogP contribution in [0.15, 0.2) is 18.7 Å². The number of unbranched alkanes of at least 4 members (excludes halogenated alkanes) is 19. The minimum absolute atomic E-state index is 1.19. The van der Waals surface area contributed by atoms with Crippen molar-refractivity contribution in [3.63, 3.8) is 0 Å². The minimum Gasteiger partial charge on any atom is -0.237 e. The first-order valence-electron chi connectivity index (χ1n) is 13.9. The Bertz CT molecular complexity index is 451. The van der Waals surface area contributed by atoms with Crippen molar-refractivity contribution in [1.82, 2.24) is 4.57 Å². The SMILES string of the molecule is CCCCCCCCCCCCCCCCCCn1cc[n+](CCCCCCC)c1. The number of rotatable bonds is 23. The molecule has 0 saturated carbocycles. The molecule has 0 bridgehead atoms. The first-order chi connectivity index (χ1) is 14.9. The highest BCUT2D eigenvalue weighted by atomic mass is 15.1. The molecule has 0 unspecified atom stereocenters. The molecule has 0 fully saturated rings. The Kier molecular flexibility index (Phi) is 19.5. The third-order valence-electron chi connectivity index (χ3n) is 6.54. The van der Waals surface area contributed by atoms with Crippen molar-refractivity contribution in [3.8, 4) is 0 Å². The Hall–Kier alpha value is -0.790. The van der Waals surface area contributed by atoms with Gasteiger partial charge >= 0.3 is 0 Å². The van der Waals surface area contributed by atoms with Gasteiger partial charge in [0.15, 0.2) is 0 Å². The maximum absolute atomic E-state index is 2.38. The summed E-state index contributed by atoms with van der Waals surface area (Å²) in [4.78, 5) is 0. The van der Waals surface area contributed by atoms with E-state index >= 15 is 0 Å². The normalized spacial score (nSPS) is 11.4. The molecule has 0 atom stereocenters. The minimum atomic E-state index is 1.19. The summed E-state index contributed by atoms with van der Waals surface area (Å²) in [5, 5.41) is 0. The highest BCUT2D eigenvalue weighted by molar-refractivity contribution is 4.66. The smallest absolute Gasteiger partial charge is 0.237 e. The van der Waals surface area contributed by atoms with Gasteiger partial charge in [0.05, 0.1) is 13.1 Å². The lowest BCUT2D eigenvalue weighted by Gasteiger charge is -2.03. The van der Waals surface area contributed by atoms with E-state index in [1.165, 1.54) is 148 Å². The summed E-state index contributed by atoms with van der Waals surface area (Å²) in [6.45, 7) is 6.97. The molecular formula is C28H55N2+. The molecule has 0 aliphatic heterocycles. The van der Waals surface area contributed by atoms with E-state index in [0.717, 1.165) is 0 Å². The van der Waals surface area contributed by atoms with Gasteiger partial charge in [0, 0.05) is 0 Å². The molecule has 0 N–H and O–H groups in total. The van der Waals surface area contributed by atoms with Crippen molar-refractivity contribution in [2.24, 2.45) is 0 Å². The van der Waals surface area contributed by atoms with Crippen molar-refractivity contribution >= 4 is 0 Å². The standard InChI is InChI=1S/C28H55N2/c1-3-5-7-9-10-11-12-13-14-15-16-17-18-19-21-23-25-30-27-26-29(28-30)24-22-20-8-6-4-2/h26-28H,3-25H2,1-2H3/q+1. The molecule has 1 heterocycles. The van der Waals surface area contributed by atoms with Gasteiger partial charge in [0.25, 0.3) is 0 Å². The van der Waals surface area contributed by atoms with Crippen LogP contribution in [0, 0.1) is 0 Å². The number of aromatic nitrogens is 2. The largest absolute Gasteiger partial charge is 0.243 e. The predicted molar refractivity (Wildman–Crippen MR) is 133 cm³/mol. The number of hydrogen-bond acceptors (Lipinski definition) is 0. The van der Waals surface area contributed by atoms with Crippen molar-refractivity contribution in [2.75, 3.05) is 0 Å². The van der Waals surface area contributed by atoms with Gasteiger partial charge in [-0.3, -0.25) is 0 Å². The molecule has 0 aliphatic carbocycles. The van der Waals surface area contributed by atoms with Gasteiger partial charge in [0.2, 0.25) is 6.33 Å². The lowest BCUT2D eigenvalue weighted by molar-refractivity contribution is -0.696. The van der Waals surface area contributed by atoms with E-state index in [4.69, 9.17) is 0 Å². The summed E-state index contributed by atoms with van der Waals surface area (Å²) >= 11 is 0. The first kappa shape index (κ1) is 27.2. The van der Waals surface area contributed by atoms with Crippen LogP contribution in [0.1, 0.15) is 149 Å². The monoisotopic (exact) mass is 419 g/mol. The molecule has 1 aromatic heterocycles.